The van der Waals surface area contributed by atoms with E-state index in [1.165, 1.54) is 12.1 Å². The van der Waals surface area contributed by atoms with Crippen molar-refractivity contribution in [3.63, 3.8) is 0 Å². The van der Waals surface area contributed by atoms with Crippen LogP contribution in [-0.2, 0) is 19.6 Å². The van der Waals surface area contributed by atoms with Gasteiger partial charge in [0.25, 0.3) is 10.0 Å². The number of sulfonamides is 1. The van der Waals surface area contributed by atoms with E-state index in [0.29, 0.717) is 17.3 Å². The highest BCUT2D eigenvalue weighted by molar-refractivity contribution is 9.11. The summed E-state index contributed by atoms with van der Waals surface area (Å²) in [6.45, 7) is 5.80. The molecule has 1 unspecified atom stereocenters. The Morgan fingerprint density at radius 3 is 2.84 bits per heavy atom. The van der Waals surface area contributed by atoms with Crippen LogP contribution in [0, 0.1) is 0 Å². The molecule has 1 saturated heterocycles. The van der Waals surface area contributed by atoms with Gasteiger partial charge >= 0.3 is 5.97 Å². The fraction of sp³-hybridized carbons (Fsp3) is 0.467. The molecule has 0 aliphatic carbocycles. The minimum atomic E-state index is -4.04. The van der Waals surface area contributed by atoms with E-state index in [9.17, 15) is 18.0 Å². The number of hydrogen-bond acceptors (Lipinski definition) is 6. The van der Waals surface area contributed by atoms with Gasteiger partial charge in [-0.15, -0.1) is 0 Å². The first-order valence-corrected chi connectivity index (χ1v) is 9.90. The van der Waals surface area contributed by atoms with Crippen LogP contribution in [0.15, 0.2) is 32.7 Å². The second kappa shape index (κ2) is 8.15. The number of carbonyl (C=O) groups is 2. The van der Waals surface area contributed by atoms with E-state index in [4.69, 9.17) is 9.15 Å². The summed E-state index contributed by atoms with van der Waals surface area (Å²) in [6, 6.07) is 1.60. The second-order valence-corrected chi connectivity index (χ2v) is 8.29. The number of halogens is 1. The zero-order valence-corrected chi connectivity index (χ0v) is 16.1. The number of ether oxygens (including phenoxy) is 1. The molecule has 2 heterocycles. The normalized spacial score (nSPS) is 18.1. The number of carbonyl (C=O) groups excluding carboxylic acids is 2. The molecular weight excluding hydrogens is 416 g/mol. The van der Waals surface area contributed by atoms with Gasteiger partial charge < -0.3 is 14.5 Å². The first-order chi connectivity index (χ1) is 11.8. The largest absolute Gasteiger partial charge is 0.460 e. The summed E-state index contributed by atoms with van der Waals surface area (Å²) in [7, 11) is -4.04. The lowest BCUT2D eigenvalue weighted by Gasteiger charge is -2.22. The number of nitrogens with one attached hydrogen (secondary N) is 1. The van der Waals surface area contributed by atoms with Crippen molar-refractivity contribution in [3.05, 3.63) is 29.0 Å². The van der Waals surface area contributed by atoms with Crippen molar-refractivity contribution in [3.8, 4) is 0 Å². The van der Waals surface area contributed by atoms with Crippen molar-refractivity contribution in [2.24, 2.45) is 0 Å². The molecule has 1 N–H and O–H groups in total. The Morgan fingerprint density at radius 2 is 2.20 bits per heavy atom. The third-order valence-electron chi connectivity index (χ3n) is 3.58. The van der Waals surface area contributed by atoms with Crippen LogP contribution < -0.4 is 5.32 Å². The summed E-state index contributed by atoms with van der Waals surface area (Å²) < 4.78 is 37.1. The minimum absolute atomic E-state index is 0.148. The van der Waals surface area contributed by atoms with Crippen LogP contribution in [0.2, 0.25) is 0 Å². The van der Waals surface area contributed by atoms with Crippen LogP contribution in [0.4, 0.5) is 0 Å². The average molecular weight is 435 g/mol. The Kier molecular flexibility index (Phi) is 6.42. The number of nitrogens with zero attached hydrogens (tertiary/aromatic N) is 1. The maximum atomic E-state index is 12.8. The monoisotopic (exact) mass is 434 g/mol. The molecule has 0 spiro atoms. The molecule has 8 nitrogen and oxygen atoms in total. The summed E-state index contributed by atoms with van der Waals surface area (Å²) in [6.07, 6.45) is 0.962. The van der Waals surface area contributed by atoms with Crippen molar-refractivity contribution < 1.29 is 27.2 Å². The van der Waals surface area contributed by atoms with Gasteiger partial charge in [-0.05, 0) is 31.9 Å². The van der Waals surface area contributed by atoms with Crippen LogP contribution >= 0.6 is 15.9 Å². The Hall–Kier alpha value is -1.65. The van der Waals surface area contributed by atoms with Crippen molar-refractivity contribution in [2.75, 3.05) is 19.7 Å². The first kappa shape index (κ1) is 19.7. The molecule has 1 amide bonds. The average Bonchev–Trinajstić information content (AvgIpc) is 3.22. The predicted molar refractivity (Wildman–Crippen MR) is 92.7 cm³/mol. The number of esters is 1. The maximum Gasteiger partial charge on any atom is 0.374 e. The van der Waals surface area contributed by atoms with E-state index in [-0.39, 0.29) is 30.5 Å². The quantitative estimate of drug-likeness (QED) is 0.653. The zero-order valence-electron chi connectivity index (χ0n) is 13.7. The molecular formula is C15H19BrN2O6S. The van der Waals surface area contributed by atoms with Crippen LogP contribution in [0.25, 0.3) is 0 Å². The fourth-order valence-electron chi connectivity index (χ4n) is 2.48. The third-order valence-corrected chi connectivity index (χ3v) is 5.64. The molecule has 1 aliphatic rings. The smallest absolute Gasteiger partial charge is 0.374 e. The van der Waals surface area contributed by atoms with Crippen molar-refractivity contribution >= 4 is 37.8 Å². The van der Waals surface area contributed by atoms with Gasteiger partial charge in [0.1, 0.15) is 6.04 Å². The number of rotatable bonds is 7. The van der Waals surface area contributed by atoms with Gasteiger partial charge in [0.05, 0.1) is 6.61 Å². The summed E-state index contributed by atoms with van der Waals surface area (Å²) in [5, 5.41) is 2.23. The number of amides is 1. The molecule has 0 bridgehead atoms. The first-order valence-electron chi connectivity index (χ1n) is 7.67. The fourth-order valence-corrected chi connectivity index (χ4v) is 4.19. The Bertz CT molecular complexity index is 773. The van der Waals surface area contributed by atoms with E-state index in [0.717, 1.165) is 4.31 Å². The minimum Gasteiger partial charge on any atom is -0.460 e. The highest BCUT2D eigenvalue weighted by Crippen LogP contribution is 2.27. The standard InChI is InChI=1S/C15H19BrN2O6S/c1-3-23-15(20)12-6-7-13(24-12)25(21,22)18-8-4-5-11(18)14(19)17-9-10(2)16/h6-7,11H,2-5,8-9H2,1H3,(H,17,19). The molecule has 1 fully saturated rings. The molecule has 0 aromatic carbocycles. The van der Waals surface area contributed by atoms with Gasteiger partial charge in [0.2, 0.25) is 16.8 Å². The van der Waals surface area contributed by atoms with Crippen molar-refractivity contribution in [1.29, 1.82) is 0 Å². The second-order valence-electron chi connectivity index (χ2n) is 5.35. The summed E-state index contributed by atoms with van der Waals surface area (Å²) >= 11 is 3.13. The highest BCUT2D eigenvalue weighted by atomic mass is 79.9. The summed E-state index contributed by atoms with van der Waals surface area (Å²) in [5.74, 6) is -1.34. The lowest BCUT2D eigenvalue weighted by Crippen LogP contribution is -2.46. The zero-order chi connectivity index (χ0) is 18.6. The molecule has 1 aromatic heterocycles. The molecule has 1 aromatic rings. The van der Waals surface area contributed by atoms with Crippen molar-refractivity contribution in [2.45, 2.75) is 30.9 Å². The summed E-state index contributed by atoms with van der Waals surface area (Å²) in [5.41, 5.74) is 0. The van der Waals surface area contributed by atoms with Crippen molar-refractivity contribution in [1.82, 2.24) is 9.62 Å². The highest BCUT2D eigenvalue weighted by Gasteiger charge is 2.41. The number of furan rings is 1. The SMILES string of the molecule is C=C(Br)CNC(=O)C1CCCN1S(=O)(=O)c1ccc(C(=O)OCC)o1. The molecule has 25 heavy (non-hydrogen) atoms. The molecule has 2 rings (SSSR count). The van der Waals surface area contributed by atoms with Crippen LogP contribution in [-0.4, -0.2) is 50.3 Å². The van der Waals surface area contributed by atoms with E-state index in [1.807, 2.05) is 0 Å². The van der Waals surface area contributed by atoms with Gasteiger partial charge in [0, 0.05) is 17.6 Å². The molecule has 1 aliphatic heterocycles. The van der Waals surface area contributed by atoms with Gasteiger partial charge in [-0.25, -0.2) is 13.2 Å². The van der Waals surface area contributed by atoms with E-state index >= 15 is 0 Å². The Balaban J connectivity index is 2.19. The topological polar surface area (TPSA) is 106 Å². The maximum absolute atomic E-state index is 12.8. The molecule has 1 atom stereocenters. The van der Waals surface area contributed by atoms with Crippen LogP contribution in [0.1, 0.15) is 30.3 Å². The Labute approximate surface area is 154 Å². The van der Waals surface area contributed by atoms with Gasteiger partial charge in [-0.1, -0.05) is 22.5 Å². The number of hydrogen-bond donors (Lipinski definition) is 1. The predicted octanol–water partition coefficient (Wildman–Crippen LogP) is 1.63. The van der Waals surface area contributed by atoms with E-state index in [2.05, 4.69) is 27.8 Å². The van der Waals surface area contributed by atoms with E-state index < -0.39 is 27.9 Å². The molecule has 0 radical (unpaired) electrons. The Morgan fingerprint density at radius 1 is 1.48 bits per heavy atom. The van der Waals surface area contributed by atoms with Gasteiger partial charge in [-0.3, -0.25) is 4.79 Å². The lowest BCUT2D eigenvalue weighted by atomic mass is 10.2. The molecule has 0 saturated carbocycles. The third kappa shape index (κ3) is 4.50. The molecule has 138 valence electrons. The van der Waals surface area contributed by atoms with Crippen LogP contribution in [0.3, 0.4) is 0 Å². The van der Waals surface area contributed by atoms with E-state index in [1.54, 1.807) is 6.92 Å². The van der Waals surface area contributed by atoms with Crippen LogP contribution in [0.5, 0.6) is 0 Å². The summed E-state index contributed by atoms with van der Waals surface area (Å²) in [4.78, 5) is 23.9. The molecule has 10 heteroatoms. The lowest BCUT2D eigenvalue weighted by molar-refractivity contribution is -0.124. The van der Waals surface area contributed by atoms with Gasteiger partial charge in [0.15, 0.2) is 0 Å². The van der Waals surface area contributed by atoms with Gasteiger partial charge in [-0.2, -0.15) is 4.31 Å².